The second kappa shape index (κ2) is 6.37. The summed E-state index contributed by atoms with van der Waals surface area (Å²) >= 11 is 1.68. The fourth-order valence-corrected chi connectivity index (χ4v) is 1.66. The van der Waals surface area contributed by atoms with E-state index in [4.69, 9.17) is 5.73 Å². The highest BCUT2D eigenvalue weighted by Crippen LogP contribution is 2.17. The number of hydrogen-bond donors (Lipinski definition) is 2. The van der Waals surface area contributed by atoms with Crippen molar-refractivity contribution in [1.82, 2.24) is 0 Å². The summed E-state index contributed by atoms with van der Waals surface area (Å²) in [5.41, 5.74) is 6.08. The van der Waals surface area contributed by atoms with E-state index in [9.17, 15) is 9.18 Å². The van der Waals surface area contributed by atoms with E-state index in [0.717, 1.165) is 12.2 Å². The van der Waals surface area contributed by atoms with Crippen LogP contribution in [-0.2, 0) is 4.79 Å². The summed E-state index contributed by atoms with van der Waals surface area (Å²) in [7, 11) is 0. The Hall–Kier alpha value is -1.23. The van der Waals surface area contributed by atoms with Crippen molar-refractivity contribution in [3.63, 3.8) is 0 Å². The van der Waals surface area contributed by atoms with Crippen molar-refractivity contribution in [1.29, 1.82) is 0 Å². The first-order valence-electron chi connectivity index (χ1n) is 4.97. The van der Waals surface area contributed by atoms with Crippen molar-refractivity contribution in [2.75, 3.05) is 23.1 Å². The molecule has 0 bridgehead atoms. The second-order valence-electron chi connectivity index (χ2n) is 3.38. The van der Waals surface area contributed by atoms with Gasteiger partial charge in [-0.05, 0) is 36.6 Å². The van der Waals surface area contributed by atoms with Gasteiger partial charge in [-0.3, -0.25) is 4.79 Å². The Morgan fingerprint density at radius 1 is 1.56 bits per heavy atom. The third-order valence-corrected chi connectivity index (χ3v) is 2.71. The Bertz CT molecular complexity index is 371. The summed E-state index contributed by atoms with van der Waals surface area (Å²) in [4.78, 5) is 11.4. The van der Waals surface area contributed by atoms with Crippen LogP contribution in [0, 0.1) is 5.82 Å². The number of anilines is 2. The summed E-state index contributed by atoms with van der Waals surface area (Å²) in [6, 6.07) is 4.12. The van der Waals surface area contributed by atoms with E-state index in [-0.39, 0.29) is 11.6 Å². The van der Waals surface area contributed by atoms with E-state index < -0.39 is 5.82 Å². The maximum Gasteiger partial charge on any atom is 0.224 e. The lowest BCUT2D eigenvalue weighted by molar-refractivity contribution is -0.116. The van der Waals surface area contributed by atoms with Crippen molar-refractivity contribution < 1.29 is 9.18 Å². The number of carbonyl (C=O) groups excluding carboxylic acids is 1. The van der Waals surface area contributed by atoms with Crippen LogP contribution in [0.1, 0.15) is 12.8 Å². The number of nitrogens with two attached hydrogens (primary N) is 1. The molecule has 0 fully saturated rings. The minimum absolute atomic E-state index is 0.147. The third-order valence-electron chi connectivity index (χ3n) is 2.02. The molecule has 1 rings (SSSR count). The maximum absolute atomic E-state index is 13.2. The van der Waals surface area contributed by atoms with Gasteiger partial charge in [-0.2, -0.15) is 11.8 Å². The lowest BCUT2D eigenvalue weighted by atomic mass is 10.2. The third kappa shape index (κ3) is 4.10. The zero-order valence-corrected chi connectivity index (χ0v) is 9.94. The topological polar surface area (TPSA) is 55.1 Å². The van der Waals surface area contributed by atoms with Gasteiger partial charge < -0.3 is 11.1 Å². The van der Waals surface area contributed by atoms with Gasteiger partial charge in [0.1, 0.15) is 5.82 Å². The quantitative estimate of drug-likeness (QED) is 0.616. The number of nitrogens with one attached hydrogen (secondary N) is 1. The molecule has 1 aromatic carbocycles. The van der Waals surface area contributed by atoms with Gasteiger partial charge in [0.25, 0.3) is 0 Å². The summed E-state index contributed by atoms with van der Waals surface area (Å²) in [6.45, 7) is 0. The van der Waals surface area contributed by atoms with Crippen LogP contribution in [0.25, 0.3) is 0 Å². The number of benzene rings is 1. The predicted molar refractivity (Wildman–Crippen MR) is 67.1 cm³/mol. The van der Waals surface area contributed by atoms with Crippen LogP contribution in [0.15, 0.2) is 18.2 Å². The molecule has 0 aromatic heterocycles. The smallest absolute Gasteiger partial charge is 0.224 e. The van der Waals surface area contributed by atoms with E-state index in [1.165, 1.54) is 18.2 Å². The van der Waals surface area contributed by atoms with Gasteiger partial charge in [0, 0.05) is 12.1 Å². The summed E-state index contributed by atoms with van der Waals surface area (Å²) in [5.74, 6) is 0.276. The first kappa shape index (κ1) is 12.8. The highest BCUT2D eigenvalue weighted by atomic mass is 32.2. The zero-order chi connectivity index (χ0) is 12.0. The molecule has 0 atom stereocenters. The van der Waals surface area contributed by atoms with Gasteiger partial charge in [-0.1, -0.05) is 0 Å². The number of nitrogen functional groups attached to an aromatic ring is 1. The number of halogens is 1. The fraction of sp³-hybridized carbons (Fsp3) is 0.364. The molecule has 5 heteroatoms. The number of rotatable bonds is 5. The van der Waals surface area contributed by atoms with Crippen LogP contribution in [0.2, 0.25) is 0 Å². The molecule has 0 aliphatic rings. The lowest BCUT2D eigenvalue weighted by Gasteiger charge is -2.06. The summed E-state index contributed by atoms with van der Waals surface area (Å²) < 4.78 is 13.2. The lowest BCUT2D eigenvalue weighted by Crippen LogP contribution is -2.12. The fourth-order valence-electron chi connectivity index (χ4n) is 1.23. The van der Waals surface area contributed by atoms with Gasteiger partial charge in [0.2, 0.25) is 5.91 Å². The molecule has 1 aromatic rings. The van der Waals surface area contributed by atoms with Crippen LogP contribution in [0.3, 0.4) is 0 Å². The molecule has 3 nitrogen and oxygen atoms in total. The molecule has 3 N–H and O–H groups in total. The minimum atomic E-state index is -0.465. The number of amides is 1. The number of thioether (sulfide) groups is 1. The first-order valence-corrected chi connectivity index (χ1v) is 6.36. The molecule has 0 heterocycles. The Labute approximate surface area is 98.6 Å². The molecule has 0 spiro atoms. The predicted octanol–water partition coefficient (Wildman–Crippen LogP) is 2.49. The Balaban J connectivity index is 2.52. The van der Waals surface area contributed by atoms with Gasteiger partial charge >= 0.3 is 0 Å². The van der Waals surface area contributed by atoms with Crippen molar-refractivity contribution in [2.45, 2.75) is 12.8 Å². The largest absolute Gasteiger partial charge is 0.399 e. The molecule has 0 aliphatic heterocycles. The van der Waals surface area contributed by atoms with Gasteiger partial charge in [-0.15, -0.1) is 0 Å². The molecule has 16 heavy (non-hydrogen) atoms. The van der Waals surface area contributed by atoms with Crippen LogP contribution >= 0.6 is 11.8 Å². The standard InChI is InChI=1S/C11H15FN2OS/c1-16-6-2-3-11(15)14-10-7-8(13)4-5-9(10)12/h4-5,7H,2-3,6,13H2,1H3,(H,14,15). The molecular formula is C11H15FN2OS. The van der Waals surface area contributed by atoms with E-state index in [1.54, 1.807) is 11.8 Å². The molecule has 1 amide bonds. The van der Waals surface area contributed by atoms with E-state index in [0.29, 0.717) is 12.1 Å². The molecule has 0 aliphatic carbocycles. The Kier molecular flexibility index (Phi) is 5.11. The van der Waals surface area contributed by atoms with Crippen LogP contribution in [0.4, 0.5) is 15.8 Å². The highest BCUT2D eigenvalue weighted by molar-refractivity contribution is 7.98. The maximum atomic E-state index is 13.2. The van der Waals surface area contributed by atoms with Gasteiger partial charge in [-0.25, -0.2) is 4.39 Å². The normalized spacial score (nSPS) is 10.1. The van der Waals surface area contributed by atoms with E-state index in [2.05, 4.69) is 5.32 Å². The van der Waals surface area contributed by atoms with Crippen molar-refractivity contribution in [2.24, 2.45) is 0 Å². The van der Waals surface area contributed by atoms with Crippen LogP contribution in [-0.4, -0.2) is 17.9 Å². The Morgan fingerprint density at radius 2 is 2.31 bits per heavy atom. The second-order valence-corrected chi connectivity index (χ2v) is 4.37. The molecule has 0 saturated carbocycles. The van der Waals surface area contributed by atoms with E-state index in [1.807, 2.05) is 6.26 Å². The summed E-state index contributed by atoms with van der Waals surface area (Å²) in [5, 5.41) is 2.51. The van der Waals surface area contributed by atoms with Gasteiger partial charge in [0.05, 0.1) is 5.69 Å². The average Bonchev–Trinajstić information content (AvgIpc) is 2.24. The number of hydrogen-bond acceptors (Lipinski definition) is 3. The van der Waals surface area contributed by atoms with Crippen molar-refractivity contribution >= 4 is 29.0 Å². The summed E-state index contributed by atoms with van der Waals surface area (Å²) in [6.07, 6.45) is 3.17. The Morgan fingerprint density at radius 3 is 3.00 bits per heavy atom. The number of carbonyl (C=O) groups is 1. The monoisotopic (exact) mass is 242 g/mol. The molecule has 0 saturated heterocycles. The van der Waals surface area contributed by atoms with Crippen LogP contribution in [0.5, 0.6) is 0 Å². The zero-order valence-electron chi connectivity index (χ0n) is 9.13. The van der Waals surface area contributed by atoms with Gasteiger partial charge in [0.15, 0.2) is 0 Å². The van der Waals surface area contributed by atoms with Crippen molar-refractivity contribution in [3.05, 3.63) is 24.0 Å². The van der Waals surface area contributed by atoms with Crippen molar-refractivity contribution in [3.8, 4) is 0 Å². The average molecular weight is 242 g/mol. The molecule has 0 unspecified atom stereocenters. The molecular weight excluding hydrogens is 227 g/mol. The van der Waals surface area contributed by atoms with Crippen LogP contribution < -0.4 is 11.1 Å². The molecule has 0 radical (unpaired) electrons. The van der Waals surface area contributed by atoms with E-state index >= 15 is 0 Å². The SMILES string of the molecule is CSCCCC(=O)Nc1cc(N)ccc1F. The highest BCUT2D eigenvalue weighted by Gasteiger charge is 2.06. The minimum Gasteiger partial charge on any atom is -0.399 e. The molecule has 88 valence electrons. The first-order chi connectivity index (χ1) is 7.63.